The molecule has 5 heteroatoms. The van der Waals surface area contributed by atoms with Crippen LogP contribution in [0.15, 0.2) is 24.5 Å². The second kappa shape index (κ2) is 7.52. The van der Waals surface area contributed by atoms with Gasteiger partial charge in [-0.15, -0.1) is 0 Å². The fourth-order valence-corrected chi connectivity index (χ4v) is 3.18. The van der Waals surface area contributed by atoms with E-state index in [-0.39, 0.29) is 23.9 Å². The lowest BCUT2D eigenvalue weighted by molar-refractivity contribution is -0.126. The van der Waals surface area contributed by atoms with Gasteiger partial charge in [-0.3, -0.25) is 14.7 Å². The maximum absolute atomic E-state index is 11.9. The number of rotatable bonds is 5. The molecule has 1 aromatic heterocycles. The molecule has 0 saturated carbocycles. The molecule has 0 bridgehead atoms. The number of hydrogen-bond acceptors (Lipinski definition) is 4. The van der Waals surface area contributed by atoms with Crippen LogP contribution < -0.4 is 11.1 Å². The van der Waals surface area contributed by atoms with Gasteiger partial charge in [0.2, 0.25) is 5.91 Å². The molecular formula is C16H26N4O. The minimum Gasteiger partial charge on any atom is -0.359 e. The summed E-state index contributed by atoms with van der Waals surface area (Å²) in [5, 5.41) is 2.77. The van der Waals surface area contributed by atoms with E-state index in [1.54, 1.807) is 13.2 Å². The largest absolute Gasteiger partial charge is 0.359 e. The van der Waals surface area contributed by atoms with Gasteiger partial charge >= 0.3 is 0 Å². The number of likely N-dealkylation sites (tertiary alicyclic amines) is 1. The first kappa shape index (κ1) is 15.9. The minimum absolute atomic E-state index is 0.0534. The summed E-state index contributed by atoms with van der Waals surface area (Å²) in [7, 11) is 1.71. The molecule has 2 rings (SSSR count). The van der Waals surface area contributed by atoms with E-state index in [1.165, 1.54) is 0 Å². The van der Waals surface area contributed by atoms with Crippen LogP contribution in [0.2, 0.25) is 0 Å². The third kappa shape index (κ3) is 3.80. The summed E-state index contributed by atoms with van der Waals surface area (Å²) < 4.78 is 0. The molecule has 1 saturated heterocycles. The van der Waals surface area contributed by atoms with E-state index < -0.39 is 0 Å². The van der Waals surface area contributed by atoms with Crippen molar-refractivity contribution in [3.05, 3.63) is 30.1 Å². The van der Waals surface area contributed by atoms with Crippen LogP contribution in [0.4, 0.5) is 0 Å². The van der Waals surface area contributed by atoms with Crippen molar-refractivity contribution in [2.75, 3.05) is 20.1 Å². The third-order valence-corrected chi connectivity index (χ3v) is 4.37. The topological polar surface area (TPSA) is 71.2 Å². The van der Waals surface area contributed by atoms with Crippen LogP contribution in [-0.2, 0) is 4.79 Å². The molecule has 0 spiro atoms. The Bertz CT molecular complexity index is 451. The molecule has 5 nitrogen and oxygen atoms in total. The zero-order valence-corrected chi connectivity index (χ0v) is 13.0. The quantitative estimate of drug-likeness (QED) is 0.858. The van der Waals surface area contributed by atoms with Gasteiger partial charge in [-0.2, -0.15) is 0 Å². The van der Waals surface area contributed by atoms with Gasteiger partial charge in [0.25, 0.3) is 0 Å². The van der Waals surface area contributed by atoms with E-state index in [9.17, 15) is 4.79 Å². The molecular weight excluding hydrogens is 264 g/mol. The lowest BCUT2D eigenvalue weighted by Gasteiger charge is -2.40. The molecule has 3 N–H and O–H groups in total. The number of piperidine rings is 1. The molecule has 1 aliphatic rings. The molecule has 3 atom stereocenters. The number of hydrogen-bond donors (Lipinski definition) is 2. The van der Waals surface area contributed by atoms with Gasteiger partial charge in [0.05, 0.1) is 12.0 Å². The molecule has 21 heavy (non-hydrogen) atoms. The van der Waals surface area contributed by atoms with Crippen molar-refractivity contribution in [2.45, 2.75) is 38.3 Å². The maximum Gasteiger partial charge on any atom is 0.224 e. The van der Waals surface area contributed by atoms with Gasteiger partial charge < -0.3 is 11.1 Å². The Kier molecular flexibility index (Phi) is 5.70. The fourth-order valence-electron chi connectivity index (χ4n) is 3.18. The first-order valence-electron chi connectivity index (χ1n) is 7.78. The zero-order chi connectivity index (χ0) is 15.2. The van der Waals surface area contributed by atoms with Crippen molar-refractivity contribution in [1.82, 2.24) is 15.2 Å². The van der Waals surface area contributed by atoms with Crippen molar-refractivity contribution < 1.29 is 4.79 Å². The standard InChI is InChI=1S/C16H26N4O/c1-3-14(17)15(12-6-4-8-19-10-12)20-9-5-7-13(11-20)16(21)18-2/h4,6,8,10,13-15H,3,5,7,9,11,17H2,1-2H3,(H,18,21). The minimum atomic E-state index is 0.0534. The van der Waals surface area contributed by atoms with Gasteiger partial charge in [0, 0.05) is 32.0 Å². The molecule has 1 amide bonds. The van der Waals surface area contributed by atoms with E-state index in [0.717, 1.165) is 37.9 Å². The van der Waals surface area contributed by atoms with Crippen LogP contribution in [-0.4, -0.2) is 42.0 Å². The zero-order valence-electron chi connectivity index (χ0n) is 13.0. The number of nitrogens with two attached hydrogens (primary N) is 1. The Morgan fingerprint density at radius 2 is 2.43 bits per heavy atom. The maximum atomic E-state index is 11.9. The number of aromatic nitrogens is 1. The van der Waals surface area contributed by atoms with Crippen molar-refractivity contribution >= 4 is 5.91 Å². The van der Waals surface area contributed by atoms with Gasteiger partial charge in [-0.05, 0) is 37.4 Å². The highest BCUT2D eigenvalue weighted by Gasteiger charge is 2.32. The Hall–Kier alpha value is -1.46. The highest BCUT2D eigenvalue weighted by molar-refractivity contribution is 5.78. The number of nitrogens with one attached hydrogen (secondary N) is 1. The number of carbonyl (C=O) groups excluding carboxylic acids is 1. The molecule has 0 aliphatic carbocycles. The van der Waals surface area contributed by atoms with Crippen LogP contribution in [0, 0.1) is 5.92 Å². The van der Waals surface area contributed by atoms with Crippen molar-refractivity contribution in [2.24, 2.45) is 11.7 Å². The van der Waals surface area contributed by atoms with Crippen molar-refractivity contribution in [1.29, 1.82) is 0 Å². The van der Waals surface area contributed by atoms with Crippen LogP contribution >= 0.6 is 0 Å². The normalized spacial score (nSPS) is 22.5. The average Bonchev–Trinajstić information content (AvgIpc) is 2.55. The predicted octanol–water partition coefficient (Wildman–Crippen LogP) is 1.32. The Balaban J connectivity index is 2.19. The first-order valence-corrected chi connectivity index (χ1v) is 7.78. The van der Waals surface area contributed by atoms with Gasteiger partial charge in [-0.1, -0.05) is 13.0 Å². The van der Waals surface area contributed by atoms with Gasteiger partial charge in [0.1, 0.15) is 0 Å². The van der Waals surface area contributed by atoms with Crippen molar-refractivity contribution in [3.8, 4) is 0 Å². The van der Waals surface area contributed by atoms with E-state index >= 15 is 0 Å². The second-order valence-corrected chi connectivity index (χ2v) is 5.75. The summed E-state index contributed by atoms with van der Waals surface area (Å²) in [4.78, 5) is 18.5. The number of pyridine rings is 1. The smallest absolute Gasteiger partial charge is 0.224 e. The molecule has 1 aliphatic heterocycles. The monoisotopic (exact) mass is 290 g/mol. The van der Waals surface area contributed by atoms with Gasteiger partial charge in [0.15, 0.2) is 0 Å². The fraction of sp³-hybridized carbons (Fsp3) is 0.625. The summed E-state index contributed by atoms with van der Waals surface area (Å²) in [5.74, 6) is 0.196. The van der Waals surface area contributed by atoms with E-state index in [0.29, 0.717) is 0 Å². The first-order chi connectivity index (χ1) is 10.2. The van der Waals surface area contributed by atoms with Gasteiger partial charge in [-0.25, -0.2) is 0 Å². The molecule has 2 heterocycles. The van der Waals surface area contributed by atoms with Crippen molar-refractivity contribution in [3.63, 3.8) is 0 Å². The summed E-state index contributed by atoms with van der Waals surface area (Å²) >= 11 is 0. The number of amides is 1. The third-order valence-electron chi connectivity index (χ3n) is 4.37. The molecule has 116 valence electrons. The van der Waals surface area contributed by atoms with Crippen LogP contribution in [0.1, 0.15) is 37.8 Å². The highest BCUT2D eigenvalue weighted by atomic mass is 16.1. The molecule has 0 aromatic carbocycles. The average molecular weight is 290 g/mol. The summed E-state index contributed by atoms with van der Waals surface area (Å²) in [6.45, 7) is 3.86. The Morgan fingerprint density at radius 3 is 3.05 bits per heavy atom. The summed E-state index contributed by atoms with van der Waals surface area (Å²) in [5.41, 5.74) is 7.51. The molecule has 0 radical (unpaired) electrons. The number of carbonyl (C=O) groups is 1. The highest BCUT2D eigenvalue weighted by Crippen LogP contribution is 2.29. The van der Waals surface area contributed by atoms with Crippen LogP contribution in [0.25, 0.3) is 0 Å². The predicted molar refractivity (Wildman–Crippen MR) is 83.6 cm³/mol. The van der Waals surface area contributed by atoms with E-state index in [1.807, 2.05) is 12.3 Å². The SMILES string of the molecule is CCC(N)C(c1cccnc1)N1CCCC(C(=O)NC)C1. The lowest BCUT2D eigenvalue weighted by atomic mass is 9.91. The van der Waals surface area contributed by atoms with Crippen LogP contribution in [0.3, 0.4) is 0 Å². The Labute approximate surface area is 126 Å². The van der Waals surface area contributed by atoms with Crippen LogP contribution in [0.5, 0.6) is 0 Å². The summed E-state index contributed by atoms with van der Waals surface area (Å²) in [6, 6.07) is 4.22. The Morgan fingerprint density at radius 1 is 1.62 bits per heavy atom. The number of nitrogens with zero attached hydrogens (tertiary/aromatic N) is 2. The second-order valence-electron chi connectivity index (χ2n) is 5.75. The van der Waals surface area contributed by atoms with E-state index in [2.05, 4.69) is 28.2 Å². The van der Waals surface area contributed by atoms with E-state index in [4.69, 9.17) is 5.73 Å². The molecule has 1 aromatic rings. The lowest BCUT2D eigenvalue weighted by Crippen LogP contribution is -2.48. The molecule has 1 fully saturated rings. The molecule has 3 unspecified atom stereocenters. The summed E-state index contributed by atoms with van der Waals surface area (Å²) in [6.07, 6.45) is 6.56.